The first kappa shape index (κ1) is 31.5. The quantitative estimate of drug-likeness (QED) is 0.197. The van der Waals surface area contributed by atoms with Gasteiger partial charge in [-0.2, -0.15) is 0 Å². The topological polar surface area (TPSA) is 99.4 Å². The summed E-state index contributed by atoms with van der Waals surface area (Å²) in [6.45, 7) is 15.2. The third kappa shape index (κ3) is 8.92. The van der Waals surface area contributed by atoms with E-state index in [0.29, 0.717) is 12.8 Å². The van der Waals surface area contributed by atoms with Crippen molar-refractivity contribution in [3.8, 4) is 0 Å². The molecule has 36 heavy (non-hydrogen) atoms. The molecule has 2 rings (SSSR count). The maximum atomic E-state index is 10.8. The zero-order chi connectivity index (χ0) is 27.4. The van der Waals surface area contributed by atoms with Crippen LogP contribution in [-0.2, 0) is 9.47 Å². The van der Waals surface area contributed by atoms with Gasteiger partial charge in [0.2, 0.25) is 0 Å². The van der Waals surface area contributed by atoms with Crippen molar-refractivity contribution >= 4 is 0 Å². The van der Waals surface area contributed by atoms with Crippen LogP contribution < -0.4 is 0 Å². The molecule has 6 atom stereocenters. The minimum absolute atomic E-state index is 0.233. The lowest BCUT2D eigenvalue weighted by Crippen LogP contribution is -2.43. The molecule has 6 nitrogen and oxygen atoms in total. The van der Waals surface area contributed by atoms with Crippen molar-refractivity contribution in [3.63, 3.8) is 0 Å². The zero-order valence-electron chi connectivity index (χ0n) is 24.1. The molecule has 0 amide bonds. The molecular formula is C30H54O6. The average molecular weight is 511 g/mol. The molecule has 0 radical (unpaired) electrons. The predicted octanol–water partition coefficient (Wildman–Crippen LogP) is 5.36. The predicted molar refractivity (Wildman–Crippen MR) is 145 cm³/mol. The molecule has 2 heterocycles. The molecule has 0 spiro atoms. The van der Waals surface area contributed by atoms with Crippen molar-refractivity contribution < 1.29 is 29.9 Å². The van der Waals surface area contributed by atoms with Gasteiger partial charge in [0, 0.05) is 0 Å². The summed E-state index contributed by atoms with van der Waals surface area (Å²) in [6, 6.07) is 0. The Morgan fingerprint density at radius 1 is 0.778 bits per heavy atom. The number of aliphatic hydroxyl groups excluding tert-OH is 2. The minimum Gasteiger partial charge on any atom is -0.390 e. The van der Waals surface area contributed by atoms with E-state index in [-0.39, 0.29) is 12.2 Å². The number of ether oxygens (including phenoxy) is 2. The van der Waals surface area contributed by atoms with E-state index < -0.39 is 34.6 Å². The van der Waals surface area contributed by atoms with E-state index in [1.165, 1.54) is 11.1 Å². The van der Waals surface area contributed by atoms with E-state index in [2.05, 4.69) is 26.0 Å². The Morgan fingerprint density at radius 3 is 1.39 bits per heavy atom. The molecule has 0 aromatic carbocycles. The standard InChI is InChI=1S/C30H54O6/c1-21(13-15-23(31)29(7)19-17-25(35-29)27(3,4)33)11-9-10-12-22(2)14-16-24(32)30(8)20-18-26(36-30)28(5,6)34/h11-12,23-26,31-34H,9-10,13-20H2,1-8H3/b21-11+,22-12+/t23-,24-,25-,26-,29-,30+/m1/s1. The normalized spacial score (nSPS) is 32.2. The first-order chi connectivity index (χ1) is 16.5. The molecule has 2 fully saturated rings. The van der Waals surface area contributed by atoms with Gasteiger partial charge >= 0.3 is 0 Å². The van der Waals surface area contributed by atoms with E-state index in [1.807, 2.05) is 13.8 Å². The summed E-state index contributed by atoms with van der Waals surface area (Å²) in [6.07, 6.45) is 10.8. The number of allylic oxidation sites excluding steroid dienone is 4. The van der Waals surface area contributed by atoms with E-state index in [0.717, 1.165) is 51.4 Å². The maximum absolute atomic E-state index is 10.8. The Kier molecular flexibility index (Phi) is 10.8. The summed E-state index contributed by atoms with van der Waals surface area (Å²) in [5.74, 6) is 0. The Bertz CT molecular complexity index is 696. The highest BCUT2D eigenvalue weighted by Gasteiger charge is 2.47. The lowest BCUT2D eigenvalue weighted by atomic mass is 9.90. The Balaban J connectivity index is 1.70. The van der Waals surface area contributed by atoms with Gasteiger partial charge in [-0.1, -0.05) is 23.3 Å². The molecule has 210 valence electrons. The van der Waals surface area contributed by atoms with E-state index >= 15 is 0 Å². The molecule has 0 bridgehead atoms. The first-order valence-electron chi connectivity index (χ1n) is 13.9. The molecule has 4 N–H and O–H groups in total. The largest absolute Gasteiger partial charge is 0.390 e. The van der Waals surface area contributed by atoms with Crippen LogP contribution in [0.4, 0.5) is 0 Å². The SMILES string of the molecule is C/C(=C\CC/C=C(\C)CC[C@@H](O)[C@]1(C)CC[C@H](C(C)(C)O)O1)CC[C@@H](O)[C@@]1(C)CC[C@H](C(C)(C)O)O1. The summed E-state index contributed by atoms with van der Waals surface area (Å²) < 4.78 is 12.1. The fourth-order valence-corrected chi connectivity index (χ4v) is 5.41. The Morgan fingerprint density at radius 2 is 1.11 bits per heavy atom. The molecule has 2 aliphatic heterocycles. The fourth-order valence-electron chi connectivity index (χ4n) is 5.41. The molecule has 0 aliphatic carbocycles. The second-order valence-corrected chi connectivity index (χ2v) is 13.0. The monoisotopic (exact) mass is 510 g/mol. The summed E-state index contributed by atoms with van der Waals surface area (Å²) in [5.41, 5.74) is -0.428. The van der Waals surface area contributed by atoms with Crippen molar-refractivity contribution in [2.24, 2.45) is 0 Å². The second-order valence-electron chi connectivity index (χ2n) is 13.0. The van der Waals surface area contributed by atoms with E-state index in [9.17, 15) is 20.4 Å². The summed E-state index contributed by atoms with van der Waals surface area (Å²) in [5, 5.41) is 41.9. The van der Waals surface area contributed by atoms with Crippen LogP contribution in [0.15, 0.2) is 23.3 Å². The maximum Gasteiger partial charge on any atom is 0.0918 e. The number of aliphatic hydroxyl groups is 4. The number of hydrogen-bond acceptors (Lipinski definition) is 6. The summed E-state index contributed by atoms with van der Waals surface area (Å²) in [4.78, 5) is 0. The van der Waals surface area contributed by atoms with Crippen LogP contribution in [0.3, 0.4) is 0 Å². The minimum atomic E-state index is -0.889. The van der Waals surface area contributed by atoms with Crippen LogP contribution in [0.5, 0.6) is 0 Å². The fraction of sp³-hybridized carbons (Fsp3) is 0.867. The third-order valence-corrected chi connectivity index (χ3v) is 8.39. The molecule has 0 saturated carbocycles. The number of rotatable bonds is 13. The average Bonchev–Trinajstić information content (AvgIpc) is 3.38. The smallest absolute Gasteiger partial charge is 0.0918 e. The Labute approximate surface area is 219 Å². The van der Waals surface area contributed by atoms with Crippen LogP contribution in [0.25, 0.3) is 0 Å². The highest BCUT2D eigenvalue weighted by molar-refractivity contribution is 5.05. The number of unbranched alkanes of at least 4 members (excludes halogenated alkanes) is 1. The molecule has 0 unspecified atom stereocenters. The van der Waals surface area contributed by atoms with Crippen LogP contribution in [0, 0.1) is 0 Å². The van der Waals surface area contributed by atoms with Crippen molar-refractivity contribution in [2.45, 2.75) is 166 Å². The molecule has 6 heteroatoms. The van der Waals surface area contributed by atoms with Crippen molar-refractivity contribution in [1.29, 1.82) is 0 Å². The highest BCUT2D eigenvalue weighted by Crippen LogP contribution is 2.40. The first-order valence-corrected chi connectivity index (χ1v) is 13.9. The van der Waals surface area contributed by atoms with Gasteiger partial charge in [0.1, 0.15) is 0 Å². The summed E-state index contributed by atoms with van der Waals surface area (Å²) in [7, 11) is 0. The lowest BCUT2D eigenvalue weighted by Gasteiger charge is -2.33. The van der Waals surface area contributed by atoms with E-state index in [4.69, 9.17) is 9.47 Å². The highest BCUT2D eigenvalue weighted by atomic mass is 16.5. The molecule has 2 aliphatic rings. The van der Waals surface area contributed by atoms with Gasteiger partial charge in [0.25, 0.3) is 0 Å². The van der Waals surface area contributed by atoms with Crippen molar-refractivity contribution in [2.75, 3.05) is 0 Å². The van der Waals surface area contributed by atoms with Crippen LogP contribution in [-0.4, -0.2) is 67.2 Å². The lowest BCUT2D eigenvalue weighted by molar-refractivity contribution is -0.153. The van der Waals surface area contributed by atoms with Crippen LogP contribution >= 0.6 is 0 Å². The van der Waals surface area contributed by atoms with Gasteiger partial charge in [-0.15, -0.1) is 0 Å². The molecular weight excluding hydrogens is 456 g/mol. The Hall–Kier alpha value is -0.760. The van der Waals surface area contributed by atoms with Crippen molar-refractivity contribution in [3.05, 3.63) is 23.3 Å². The van der Waals surface area contributed by atoms with Crippen LogP contribution in [0.1, 0.15) is 120 Å². The number of hydrogen-bond donors (Lipinski definition) is 4. The zero-order valence-corrected chi connectivity index (χ0v) is 24.1. The van der Waals surface area contributed by atoms with Gasteiger partial charge in [-0.05, 0) is 120 Å². The van der Waals surface area contributed by atoms with Gasteiger partial charge in [0.15, 0.2) is 0 Å². The molecule has 0 aromatic rings. The third-order valence-electron chi connectivity index (χ3n) is 8.39. The van der Waals surface area contributed by atoms with Gasteiger partial charge in [-0.3, -0.25) is 0 Å². The summed E-state index contributed by atoms with van der Waals surface area (Å²) >= 11 is 0. The van der Waals surface area contributed by atoms with Crippen LogP contribution in [0.2, 0.25) is 0 Å². The van der Waals surface area contributed by atoms with Gasteiger partial charge in [-0.25, -0.2) is 0 Å². The van der Waals surface area contributed by atoms with Gasteiger partial charge < -0.3 is 29.9 Å². The second kappa shape index (κ2) is 12.4. The van der Waals surface area contributed by atoms with Crippen molar-refractivity contribution in [1.82, 2.24) is 0 Å². The molecule has 2 saturated heterocycles. The van der Waals surface area contributed by atoms with Gasteiger partial charge in [0.05, 0.1) is 46.8 Å². The molecule has 0 aromatic heterocycles. The van der Waals surface area contributed by atoms with E-state index in [1.54, 1.807) is 27.7 Å².